The smallest absolute Gasteiger partial charge is 0.229 e. The maximum Gasteiger partial charge on any atom is 0.229 e. The molecular formula is C15H15ClN2OS. The van der Waals surface area contributed by atoms with Crippen molar-refractivity contribution in [2.45, 2.75) is 25.3 Å². The van der Waals surface area contributed by atoms with Crippen LogP contribution in [0.5, 0.6) is 0 Å². The minimum absolute atomic E-state index is 0.148. The number of carbonyl (C=O) groups is 1. The summed E-state index contributed by atoms with van der Waals surface area (Å²) in [7, 11) is 0. The Morgan fingerprint density at radius 3 is 2.90 bits per heavy atom. The van der Waals surface area contributed by atoms with Crippen molar-refractivity contribution in [2.75, 3.05) is 6.54 Å². The van der Waals surface area contributed by atoms with Crippen molar-refractivity contribution < 1.29 is 4.79 Å². The van der Waals surface area contributed by atoms with E-state index in [1.54, 1.807) is 0 Å². The first-order valence-electron chi connectivity index (χ1n) is 6.60. The monoisotopic (exact) mass is 306 g/mol. The van der Waals surface area contributed by atoms with Crippen LogP contribution >= 0.6 is 22.9 Å². The van der Waals surface area contributed by atoms with Crippen molar-refractivity contribution >= 4 is 28.8 Å². The highest BCUT2D eigenvalue weighted by Gasteiger charge is 2.21. The second kappa shape index (κ2) is 5.94. The highest BCUT2D eigenvalue weighted by atomic mass is 35.5. The molecule has 20 heavy (non-hydrogen) atoms. The Labute approximate surface area is 127 Å². The third-order valence-electron chi connectivity index (χ3n) is 3.52. The van der Waals surface area contributed by atoms with Crippen molar-refractivity contribution in [2.24, 2.45) is 0 Å². The lowest BCUT2D eigenvalue weighted by molar-refractivity contribution is -0.131. The van der Waals surface area contributed by atoms with E-state index in [1.165, 1.54) is 22.5 Å². The number of amides is 1. The van der Waals surface area contributed by atoms with Crippen molar-refractivity contribution in [1.29, 1.82) is 0 Å². The molecule has 0 N–H and O–H groups in total. The first-order chi connectivity index (χ1) is 9.76. The van der Waals surface area contributed by atoms with E-state index >= 15 is 0 Å². The molecule has 1 aliphatic heterocycles. The van der Waals surface area contributed by atoms with E-state index in [1.807, 2.05) is 16.3 Å². The van der Waals surface area contributed by atoms with Crippen LogP contribution in [0, 0.1) is 0 Å². The largest absolute Gasteiger partial charge is 0.338 e. The van der Waals surface area contributed by atoms with Gasteiger partial charge in [-0.05, 0) is 17.5 Å². The predicted molar refractivity (Wildman–Crippen MR) is 80.9 cm³/mol. The third kappa shape index (κ3) is 2.86. The molecule has 1 aliphatic rings. The molecule has 3 rings (SSSR count). The highest BCUT2D eigenvalue weighted by Crippen LogP contribution is 2.20. The van der Waals surface area contributed by atoms with Crippen molar-refractivity contribution in [3.63, 3.8) is 0 Å². The maximum absolute atomic E-state index is 12.3. The van der Waals surface area contributed by atoms with Gasteiger partial charge in [0, 0.05) is 18.5 Å². The average molecular weight is 307 g/mol. The van der Waals surface area contributed by atoms with Crippen LogP contribution in [0.15, 0.2) is 29.6 Å². The molecule has 0 bridgehead atoms. The van der Waals surface area contributed by atoms with Crippen LogP contribution < -0.4 is 0 Å². The zero-order valence-electron chi connectivity index (χ0n) is 11.0. The number of benzene rings is 1. The second-order valence-corrected chi connectivity index (χ2v) is 6.09. The fraction of sp³-hybridized carbons (Fsp3) is 0.333. The summed E-state index contributed by atoms with van der Waals surface area (Å²) in [4.78, 5) is 18.6. The highest BCUT2D eigenvalue weighted by molar-refractivity contribution is 7.09. The van der Waals surface area contributed by atoms with E-state index in [0.29, 0.717) is 18.8 Å². The summed E-state index contributed by atoms with van der Waals surface area (Å²) in [5, 5.41) is 2.77. The first-order valence-corrected chi connectivity index (χ1v) is 8.01. The van der Waals surface area contributed by atoms with Gasteiger partial charge in [0.25, 0.3) is 0 Å². The molecule has 0 saturated heterocycles. The van der Waals surface area contributed by atoms with Gasteiger partial charge in [0.2, 0.25) is 5.91 Å². The number of alkyl halides is 1. The minimum Gasteiger partial charge on any atom is -0.338 e. The second-order valence-electron chi connectivity index (χ2n) is 4.88. The first kappa shape index (κ1) is 13.6. The minimum atomic E-state index is 0.148. The molecule has 1 amide bonds. The summed E-state index contributed by atoms with van der Waals surface area (Å²) < 4.78 is 0. The van der Waals surface area contributed by atoms with Crippen LogP contribution in [0.4, 0.5) is 0 Å². The number of halogens is 1. The molecule has 0 fully saturated rings. The van der Waals surface area contributed by atoms with Gasteiger partial charge in [0.15, 0.2) is 0 Å². The zero-order chi connectivity index (χ0) is 13.9. The van der Waals surface area contributed by atoms with E-state index in [2.05, 4.69) is 23.2 Å². The van der Waals surface area contributed by atoms with Gasteiger partial charge in [-0.3, -0.25) is 4.79 Å². The number of thiazole rings is 1. The van der Waals surface area contributed by atoms with Crippen LogP contribution in [0.1, 0.15) is 21.8 Å². The van der Waals surface area contributed by atoms with Crippen LogP contribution in [0.25, 0.3) is 0 Å². The van der Waals surface area contributed by atoms with Crippen molar-refractivity contribution in [1.82, 2.24) is 9.88 Å². The molecular weight excluding hydrogens is 292 g/mol. The Bertz CT molecular complexity index is 626. The molecule has 104 valence electrons. The van der Waals surface area contributed by atoms with Gasteiger partial charge < -0.3 is 4.90 Å². The zero-order valence-corrected chi connectivity index (χ0v) is 12.6. The summed E-state index contributed by atoms with van der Waals surface area (Å²) in [6, 6.07) is 8.33. The molecule has 0 unspecified atom stereocenters. The van der Waals surface area contributed by atoms with Crippen LogP contribution in [0.2, 0.25) is 0 Å². The molecule has 2 aromatic rings. The number of carbonyl (C=O) groups excluding carboxylic acids is 1. The normalized spacial score (nSPS) is 14.2. The topological polar surface area (TPSA) is 33.2 Å². The van der Waals surface area contributed by atoms with Crippen LogP contribution in [-0.4, -0.2) is 22.3 Å². The fourth-order valence-corrected chi connectivity index (χ4v) is 3.45. The molecule has 0 aliphatic carbocycles. The Morgan fingerprint density at radius 1 is 1.35 bits per heavy atom. The molecule has 0 spiro atoms. The van der Waals surface area contributed by atoms with Gasteiger partial charge in [0.1, 0.15) is 5.01 Å². The van der Waals surface area contributed by atoms with Crippen molar-refractivity contribution in [3.05, 3.63) is 51.5 Å². The fourth-order valence-electron chi connectivity index (χ4n) is 2.44. The summed E-state index contributed by atoms with van der Waals surface area (Å²) in [5.41, 5.74) is 3.46. The van der Waals surface area contributed by atoms with E-state index in [-0.39, 0.29) is 5.91 Å². The Morgan fingerprint density at radius 2 is 2.15 bits per heavy atom. The van der Waals surface area contributed by atoms with Gasteiger partial charge in [-0.15, -0.1) is 22.9 Å². The number of nitrogens with zero attached hydrogens (tertiary/aromatic N) is 2. The molecule has 2 heterocycles. The molecule has 0 saturated carbocycles. The van der Waals surface area contributed by atoms with Crippen LogP contribution in [0.3, 0.4) is 0 Å². The number of fused-ring (bicyclic) bond motifs is 1. The number of hydrogen-bond acceptors (Lipinski definition) is 3. The lowest BCUT2D eigenvalue weighted by Gasteiger charge is -2.28. The van der Waals surface area contributed by atoms with E-state index in [9.17, 15) is 4.79 Å². The molecule has 0 radical (unpaired) electrons. The summed E-state index contributed by atoms with van der Waals surface area (Å²) >= 11 is 7.24. The van der Waals surface area contributed by atoms with E-state index < -0.39 is 0 Å². The Kier molecular flexibility index (Phi) is 4.03. The van der Waals surface area contributed by atoms with Gasteiger partial charge in [-0.2, -0.15) is 0 Å². The van der Waals surface area contributed by atoms with Gasteiger partial charge >= 0.3 is 0 Å². The van der Waals surface area contributed by atoms with Crippen molar-refractivity contribution in [3.8, 4) is 0 Å². The van der Waals surface area contributed by atoms with Gasteiger partial charge in [0.05, 0.1) is 18.0 Å². The number of rotatable bonds is 3. The Hall–Kier alpha value is -1.39. The summed E-state index contributed by atoms with van der Waals surface area (Å²) in [6.45, 7) is 1.51. The number of aromatic nitrogens is 1. The lowest BCUT2D eigenvalue weighted by atomic mass is 10.00. The van der Waals surface area contributed by atoms with E-state index in [4.69, 9.17) is 11.6 Å². The quantitative estimate of drug-likeness (QED) is 0.817. The molecule has 1 aromatic heterocycles. The lowest BCUT2D eigenvalue weighted by Crippen LogP contribution is -2.36. The van der Waals surface area contributed by atoms with E-state index in [0.717, 1.165) is 23.7 Å². The maximum atomic E-state index is 12.3. The van der Waals surface area contributed by atoms with Gasteiger partial charge in [-0.25, -0.2) is 4.98 Å². The molecule has 1 aromatic carbocycles. The molecule has 0 atom stereocenters. The summed E-state index contributed by atoms with van der Waals surface area (Å²) in [6.07, 6.45) is 1.32. The molecule has 5 heteroatoms. The third-order valence-corrected chi connectivity index (χ3v) is 4.69. The SMILES string of the molecule is O=C(Cc1nc(CCl)cs1)N1CCc2ccccc2C1. The number of hydrogen-bond donors (Lipinski definition) is 0. The predicted octanol–water partition coefficient (Wildman–Crippen LogP) is 3.01. The van der Waals surface area contributed by atoms with Crippen LogP contribution in [-0.2, 0) is 30.1 Å². The summed E-state index contributed by atoms with van der Waals surface area (Å²) in [5.74, 6) is 0.553. The average Bonchev–Trinajstić information content (AvgIpc) is 2.94. The van der Waals surface area contributed by atoms with Gasteiger partial charge in [-0.1, -0.05) is 24.3 Å². The standard InChI is InChI=1S/C15H15ClN2OS/c16-8-13-10-20-14(17-13)7-15(19)18-6-5-11-3-1-2-4-12(11)9-18/h1-4,10H,5-9H2. The molecule has 3 nitrogen and oxygen atoms in total. The Balaban J connectivity index is 1.67.